The Morgan fingerprint density at radius 2 is 1.27 bits per heavy atom. The molecule has 0 aliphatic carbocycles. The molecule has 2 aromatic rings. The molecule has 0 heterocycles. The molecule has 0 aliphatic rings. The molecular weight excluding hydrogens is 632 g/mol. The summed E-state index contributed by atoms with van der Waals surface area (Å²) in [4.78, 5) is 47.6. The summed E-state index contributed by atoms with van der Waals surface area (Å²) >= 11 is 5.38. The number of allylic oxidation sites excluding steroid dienone is 2. The van der Waals surface area contributed by atoms with Crippen LogP contribution in [0.4, 0.5) is 0 Å². The topological polar surface area (TPSA) is 149 Å². The average Bonchev–Trinajstić information content (AvgIpc) is 3.09. The Bertz CT molecular complexity index is 1450. The largest absolute Gasteiger partial charge is 0.489 e. The predicted molar refractivity (Wildman–Crippen MR) is 191 cm³/mol. The van der Waals surface area contributed by atoms with Crippen LogP contribution in [0.2, 0.25) is 0 Å². The number of benzene rings is 2. The fourth-order valence-electron chi connectivity index (χ4n) is 4.09. The Labute approximate surface area is 288 Å². The van der Waals surface area contributed by atoms with Crippen LogP contribution in [0.15, 0.2) is 84.0 Å². The lowest BCUT2D eigenvalue weighted by atomic mass is 10.2. The first-order chi connectivity index (χ1) is 23.1. The van der Waals surface area contributed by atoms with Crippen LogP contribution >= 0.6 is 11.6 Å². The third-order valence-corrected chi connectivity index (χ3v) is 7.11. The third-order valence-electron chi connectivity index (χ3n) is 6.99. The van der Waals surface area contributed by atoms with Gasteiger partial charge in [0.1, 0.15) is 18.1 Å². The number of unbranched alkanes of at least 4 members (excludes halogenated alkanes) is 2. The summed E-state index contributed by atoms with van der Waals surface area (Å²) in [6.45, 7) is 7.60. The number of rotatable bonds is 21. The normalized spacial score (nSPS) is 12.5. The molecule has 1 atom stereocenters. The van der Waals surface area contributed by atoms with Gasteiger partial charge in [-0.05, 0) is 118 Å². The number of nitrogens with two attached hydrogens (primary N) is 1. The van der Waals surface area contributed by atoms with Crippen molar-refractivity contribution in [2.75, 3.05) is 32.8 Å². The lowest BCUT2D eigenvalue weighted by Crippen LogP contribution is -2.28. The van der Waals surface area contributed by atoms with Crippen LogP contribution in [0.3, 0.4) is 0 Å². The maximum atomic E-state index is 12.6. The number of hydrogen-bond donors (Lipinski definition) is 4. The molecular formula is C37H47ClN4O6. The smallest absolute Gasteiger partial charge is 0.246 e. The predicted octanol–water partition coefficient (Wildman–Crippen LogP) is 5.09. The van der Waals surface area contributed by atoms with Crippen LogP contribution in [0.5, 0.6) is 11.5 Å². The average molecular weight is 679 g/mol. The van der Waals surface area contributed by atoms with Crippen LogP contribution in [0.1, 0.15) is 57.6 Å². The van der Waals surface area contributed by atoms with E-state index in [0.29, 0.717) is 48.8 Å². The lowest BCUT2D eigenvalue weighted by Gasteiger charge is -2.18. The van der Waals surface area contributed by atoms with Gasteiger partial charge in [-0.15, -0.1) is 0 Å². The number of amides is 3. The van der Waals surface area contributed by atoms with Gasteiger partial charge >= 0.3 is 0 Å². The van der Waals surface area contributed by atoms with Gasteiger partial charge in [-0.1, -0.05) is 36.4 Å². The summed E-state index contributed by atoms with van der Waals surface area (Å²) < 4.78 is 12.2. The van der Waals surface area contributed by atoms with Gasteiger partial charge < -0.3 is 31.2 Å². The molecule has 258 valence electrons. The molecule has 5 N–H and O–H groups in total. The maximum Gasteiger partial charge on any atom is 0.246 e. The van der Waals surface area contributed by atoms with E-state index in [-0.39, 0.29) is 24.3 Å². The summed E-state index contributed by atoms with van der Waals surface area (Å²) in [5.41, 5.74) is 8.30. The zero-order valence-corrected chi connectivity index (χ0v) is 28.7. The van der Waals surface area contributed by atoms with Crippen molar-refractivity contribution in [1.29, 1.82) is 0 Å². The molecule has 0 aliphatic heterocycles. The SMILES string of the molecule is C/C=C(\C)C(=O)NCCCCNC(=O)/C=C/c1ccc(OCC(/C=C(\C)C(=O)NCCCCN)Oc2ccc(/C=C/C(=O)Cl)cc2)cc1. The quantitative estimate of drug-likeness (QED) is 0.0817. The molecule has 0 fully saturated rings. The first kappa shape index (κ1) is 39.5. The number of halogens is 1. The van der Waals surface area contributed by atoms with Crippen LogP contribution < -0.4 is 31.2 Å². The molecule has 0 aromatic heterocycles. The minimum Gasteiger partial charge on any atom is -0.489 e. The second kappa shape index (κ2) is 22.8. The van der Waals surface area contributed by atoms with Crippen molar-refractivity contribution in [3.63, 3.8) is 0 Å². The highest BCUT2D eigenvalue weighted by molar-refractivity contribution is 6.66. The Balaban J connectivity index is 1.94. The van der Waals surface area contributed by atoms with Crippen molar-refractivity contribution in [2.45, 2.75) is 52.6 Å². The van der Waals surface area contributed by atoms with Crippen molar-refractivity contribution >= 4 is 46.7 Å². The molecule has 2 aromatic carbocycles. The number of hydrogen-bond acceptors (Lipinski definition) is 7. The highest BCUT2D eigenvalue weighted by Crippen LogP contribution is 2.18. The molecule has 48 heavy (non-hydrogen) atoms. The van der Waals surface area contributed by atoms with Crippen molar-refractivity contribution in [3.05, 3.63) is 95.1 Å². The second-order valence-electron chi connectivity index (χ2n) is 10.9. The molecule has 0 radical (unpaired) electrons. The standard InChI is InChI=1S/C37H47ClN4O6/c1-4-27(2)36(45)41-24-8-7-22-40-35(44)20-14-30-9-15-31(16-10-30)47-26-33(25-28(3)37(46)42-23-6-5-21-39)48-32-17-11-29(12-18-32)13-19-34(38)43/h4,9-20,25,33H,5-8,21-24,26,39H2,1-3H3,(H,40,44)(H,41,45)(H,42,46)/b19-13+,20-14+,27-4+,28-25+. The highest BCUT2D eigenvalue weighted by atomic mass is 35.5. The highest BCUT2D eigenvalue weighted by Gasteiger charge is 2.13. The molecule has 2 rings (SSSR count). The van der Waals surface area contributed by atoms with Gasteiger partial charge in [0, 0.05) is 36.9 Å². The molecule has 1 unspecified atom stereocenters. The fourth-order valence-corrected chi connectivity index (χ4v) is 4.16. The van der Waals surface area contributed by atoms with Gasteiger partial charge in [-0.3, -0.25) is 19.2 Å². The van der Waals surface area contributed by atoms with E-state index < -0.39 is 11.3 Å². The summed E-state index contributed by atoms with van der Waals surface area (Å²) in [6, 6.07) is 14.3. The van der Waals surface area contributed by atoms with E-state index in [1.54, 1.807) is 74.5 Å². The monoisotopic (exact) mass is 678 g/mol. The summed E-state index contributed by atoms with van der Waals surface area (Å²) in [5.74, 6) is 0.664. The maximum absolute atomic E-state index is 12.6. The zero-order valence-electron chi connectivity index (χ0n) is 27.9. The molecule has 0 saturated carbocycles. The Morgan fingerprint density at radius 1 is 0.750 bits per heavy atom. The minimum atomic E-state index is -0.595. The first-order valence-electron chi connectivity index (χ1n) is 16.0. The zero-order chi connectivity index (χ0) is 35.1. The number of carbonyl (C=O) groups is 4. The Kier molecular flexibility index (Phi) is 18.8. The Hall–Kier alpha value is -4.67. The number of nitrogens with one attached hydrogen (secondary N) is 3. The van der Waals surface area contributed by atoms with Gasteiger partial charge in [0.25, 0.3) is 0 Å². The van der Waals surface area contributed by atoms with Crippen molar-refractivity contribution in [2.24, 2.45) is 5.73 Å². The van der Waals surface area contributed by atoms with Gasteiger partial charge in [-0.25, -0.2) is 0 Å². The minimum absolute atomic E-state index is 0.0745. The summed E-state index contributed by atoms with van der Waals surface area (Å²) in [7, 11) is 0. The molecule has 10 nitrogen and oxygen atoms in total. The molecule has 0 spiro atoms. The number of ether oxygens (including phenoxy) is 2. The third kappa shape index (κ3) is 16.8. The molecule has 3 amide bonds. The van der Waals surface area contributed by atoms with E-state index in [1.165, 1.54) is 12.2 Å². The van der Waals surface area contributed by atoms with E-state index >= 15 is 0 Å². The Morgan fingerprint density at radius 3 is 1.83 bits per heavy atom. The second-order valence-corrected chi connectivity index (χ2v) is 11.3. The molecule has 0 saturated heterocycles. The fraction of sp³-hybridized carbons (Fsp3) is 0.351. The van der Waals surface area contributed by atoms with Gasteiger partial charge in [0.15, 0.2) is 6.10 Å². The summed E-state index contributed by atoms with van der Waals surface area (Å²) in [6.07, 6.45) is 12.1. The van der Waals surface area contributed by atoms with Crippen molar-refractivity contribution in [1.82, 2.24) is 16.0 Å². The van der Waals surface area contributed by atoms with Crippen LogP contribution in [0.25, 0.3) is 12.2 Å². The van der Waals surface area contributed by atoms with Crippen molar-refractivity contribution < 1.29 is 28.7 Å². The first-order valence-corrected chi connectivity index (χ1v) is 16.4. The van der Waals surface area contributed by atoms with E-state index in [0.717, 1.165) is 36.8 Å². The lowest BCUT2D eigenvalue weighted by molar-refractivity contribution is -0.118. The molecule has 11 heteroatoms. The van der Waals surface area contributed by atoms with E-state index in [4.69, 9.17) is 26.8 Å². The van der Waals surface area contributed by atoms with E-state index in [9.17, 15) is 19.2 Å². The van der Waals surface area contributed by atoms with Gasteiger partial charge in [-0.2, -0.15) is 0 Å². The van der Waals surface area contributed by atoms with Gasteiger partial charge in [0.05, 0.1) is 0 Å². The summed E-state index contributed by atoms with van der Waals surface area (Å²) in [5, 5.41) is 8.01. The molecule has 0 bridgehead atoms. The van der Waals surface area contributed by atoms with Crippen LogP contribution in [0, 0.1) is 0 Å². The van der Waals surface area contributed by atoms with Crippen LogP contribution in [-0.4, -0.2) is 61.9 Å². The van der Waals surface area contributed by atoms with Gasteiger partial charge in [0.2, 0.25) is 23.0 Å². The van der Waals surface area contributed by atoms with Crippen LogP contribution in [-0.2, 0) is 19.2 Å². The van der Waals surface area contributed by atoms with Crippen molar-refractivity contribution in [3.8, 4) is 11.5 Å². The van der Waals surface area contributed by atoms with E-state index in [2.05, 4.69) is 16.0 Å². The number of carbonyl (C=O) groups excluding carboxylic acids is 4. The van der Waals surface area contributed by atoms with E-state index in [1.807, 2.05) is 19.1 Å².